The van der Waals surface area contributed by atoms with Gasteiger partial charge in [-0.1, -0.05) is 0 Å². The number of aliphatic hydroxyl groups is 1. The minimum absolute atomic E-state index is 0.0750. The van der Waals surface area contributed by atoms with Crippen LogP contribution in [0.2, 0.25) is 0 Å². The molecule has 5 heteroatoms. The second-order valence-corrected chi connectivity index (χ2v) is 8.08. The van der Waals surface area contributed by atoms with E-state index in [4.69, 9.17) is 0 Å². The molecule has 124 valence electrons. The summed E-state index contributed by atoms with van der Waals surface area (Å²) in [4.78, 5) is 10.3. The number of quaternary nitrogens is 1. The van der Waals surface area contributed by atoms with E-state index in [1.165, 1.54) is 50.7 Å². The van der Waals surface area contributed by atoms with Crippen LogP contribution in [0.1, 0.15) is 50.2 Å². The number of hydrogen-bond acceptors (Lipinski definition) is 3. The van der Waals surface area contributed by atoms with Gasteiger partial charge in [-0.05, 0) is 54.7 Å². The second kappa shape index (κ2) is 5.56. The molecule has 0 radical (unpaired) electrons. The quantitative estimate of drug-likeness (QED) is 0.645. The van der Waals surface area contributed by atoms with Crippen molar-refractivity contribution in [3.8, 4) is 0 Å². The maximum atomic E-state index is 10.7. The van der Waals surface area contributed by atoms with E-state index in [9.17, 15) is 15.2 Å². The van der Waals surface area contributed by atoms with Gasteiger partial charge in [0.2, 0.25) is 0 Å². The zero-order chi connectivity index (χ0) is 16.0. The number of rotatable bonds is 5. The molecule has 4 saturated carbocycles. The van der Waals surface area contributed by atoms with E-state index in [1.54, 1.807) is 12.1 Å². The lowest BCUT2D eigenvalue weighted by Crippen LogP contribution is -2.99. The summed E-state index contributed by atoms with van der Waals surface area (Å²) < 4.78 is 0. The number of aliphatic hydroxyl groups excluding tert-OH is 1. The van der Waals surface area contributed by atoms with Crippen LogP contribution in [0, 0.1) is 27.9 Å². The Bertz CT molecular complexity index is 564. The Hall–Kier alpha value is -1.46. The molecule has 0 heterocycles. The average molecular weight is 317 g/mol. The maximum absolute atomic E-state index is 10.7. The summed E-state index contributed by atoms with van der Waals surface area (Å²) in [5, 5.41) is 23.5. The molecule has 4 bridgehead atoms. The molecule has 5 nitrogen and oxygen atoms in total. The van der Waals surface area contributed by atoms with E-state index in [0.29, 0.717) is 12.1 Å². The molecule has 4 aliphatic rings. The molecule has 4 aliphatic carbocycles. The third-order valence-corrected chi connectivity index (χ3v) is 6.35. The summed E-state index contributed by atoms with van der Waals surface area (Å²) in [7, 11) is 0. The topological polar surface area (TPSA) is 80.0 Å². The zero-order valence-corrected chi connectivity index (χ0v) is 13.4. The molecular weight excluding hydrogens is 292 g/mol. The third kappa shape index (κ3) is 2.88. The number of nitrogens with two attached hydrogens (primary N) is 1. The first kappa shape index (κ1) is 15.1. The van der Waals surface area contributed by atoms with Gasteiger partial charge in [0.25, 0.3) is 5.69 Å². The lowest BCUT2D eigenvalue weighted by Gasteiger charge is -2.54. The standard InChI is InChI=1S/C18H24N2O3/c21-17(15-1-3-16(4-2-15)20(22)23)11-19-18-8-12-5-13(9-18)7-14(6-12)10-18/h1-4,12-14,17,19,21H,5-11H2/p+1/t12?,13?,14?,17-,18?/m0/s1. The molecule has 1 aromatic rings. The summed E-state index contributed by atoms with van der Waals surface area (Å²) >= 11 is 0. The van der Waals surface area contributed by atoms with Crippen LogP contribution in [-0.2, 0) is 0 Å². The Morgan fingerprint density at radius 3 is 2.13 bits per heavy atom. The molecule has 0 spiro atoms. The van der Waals surface area contributed by atoms with Crippen LogP contribution < -0.4 is 5.32 Å². The van der Waals surface area contributed by atoms with Gasteiger partial charge in [0.1, 0.15) is 12.6 Å². The Balaban J connectivity index is 1.39. The SMILES string of the molecule is O=[N+]([O-])c1ccc([C@@H](O)C[NH2+]C23CC4CC(CC(C4)C2)C3)cc1. The monoisotopic (exact) mass is 317 g/mol. The van der Waals surface area contributed by atoms with Gasteiger partial charge in [-0.25, -0.2) is 0 Å². The first-order valence-electron chi connectivity index (χ1n) is 8.80. The van der Waals surface area contributed by atoms with E-state index >= 15 is 0 Å². The van der Waals surface area contributed by atoms with Crippen LogP contribution in [0.4, 0.5) is 5.69 Å². The number of benzene rings is 1. The van der Waals surface area contributed by atoms with Crippen molar-refractivity contribution >= 4 is 5.69 Å². The second-order valence-electron chi connectivity index (χ2n) is 8.08. The highest BCUT2D eigenvalue weighted by Crippen LogP contribution is 2.54. The minimum Gasteiger partial charge on any atom is -0.382 e. The first-order chi connectivity index (χ1) is 11.0. The Labute approximate surface area is 136 Å². The van der Waals surface area contributed by atoms with Gasteiger partial charge >= 0.3 is 0 Å². The summed E-state index contributed by atoms with van der Waals surface area (Å²) in [6, 6.07) is 6.30. The molecule has 23 heavy (non-hydrogen) atoms. The lowest BCUT2D eigenvalue weighted by atomic mass is 9.53. The summed E-state index contributed by atoms with van der Waals surface area (Å²) in [6.07, 6.45) is 7.67. The van der Waals surface area contributed by atoms with Crippen LogP contribution in [-0.4, -0.2) is 22.1 Å². The molecule has 1 atom stereocenters. The van der Waals surface area contributed by atoms with Crippen molar-refractivity contribution in [1.29, 1.82) is 0 Å². The van der Waals surface area contributed by atoms with Gasteiger partial charge in [0.15, 0.2) is 0 Å². The average Bonchev–Trinajstić information content (AvgIpc) is 2.51. The van der Waals surface area contributed by atoms with Crippen LogP contribution in [0.3, 0.4) is 0 Å². The van der Waals surface area contributed by atoms with Gasteiger partial charge in [-0.2, -0.15) is 0 Å². The molecule has 0 unspecified atom stereocenters. The minimum atomic E-state index is -0.552. The van der Waals surface area contributed by atoms with Crippen molar-refractivity contribution in [2.75, 3.05) is 6.54 Å². The Morgan fingerprint density at radius 1 is 1.13 bits per heavy atom. The van der Waals surface area contributed by atoms with Crippen molar-refractivity contribution in [2.24, 2.45) is 17.8 Å². The van der Waals surface area contributed by atoms with E-state index in [0.717, 1.165) is 23.3 Å². The van der Waals surface area contributed by atoms with E-state index in [2.05, 4.69) is 5.32 Å². The van der Waals surface area contributed by atoms with Gasteiger partial charge in [-0.3, -0.25) is 10.1 Å². The van der Waals surface area contributed by atoms with Crippen molar-refractivity contribution < 1.29 is 15.3 Å². The molecule has 0 amide bonds. The van der Waals surface area contributed by atoms with Crippen LogP contribution in [0.5, 0.6) is 0 Å². The Kier molecular flexibility index (Phi) is 3.65. The third-order valence-electron chi connectivity index (χ3n) is 6.35. The highest BCUT2D eigenvalue weighted by molar-refractivity contribution is 5.33. The van der Waals surface area contributed by atoms with E-state index < -0.39 is 11.0 Å². The highest BCUT2D eigenvalue weighted by atomic mass is 16.6. The fraction of sp³-hybridized carbons (Fsp3) is 0.667. The number of nitro benzene ring substituents is 1. The van der Waals surface area contributed by atoms with E-state index in [1.807, 2.05) is 0 Å². The van der Waals surface area contributed by atoms with E-state index in [-0.39, 0.29) is 5.69 Å². The molecule has 5 rings (SSSR count). The summed E-state index contributed by atoms with van der Waals surface area (Å²) in [6.45, 7) is 0.657. The molecule has 0 aliphatic heterocycles. The van der Waals surface area contributed by atoms with Gasteiger partial charge in [0.05, 0.1) is 10.5 Å². The molecule has 3 N–H and O–H groups in total. The van der Waals surface area contributed by atoms with Crippen molar-refractivity contribution in [1.82, 2.24) is 0 Å². The number of nitro groups is 1. The highest BCUT2D eigenvalue weighted by Gasteiger charge is 2.53. The zero-order valence-electron chi connectivity index (χ0n) is 13.4. The Morgan fingerprint density at radius 2 is 1.65 bits per heavy atom. The van der Waals surface area contributed by atoms with Crippen molar-refractivity contribution in [2.45, 2.75) is 50.2 Å². The summed E-state index contributed by atoms with van der Waals surface area (Å²) in [5.41, 5.74) is 1.21. The first-order valence-corrected chi connectivity index (χ1v) is 8.80. The fourth-order valence-electron chi connectivity index (χ4n) is 5.74. The molecule has 0 saturated heterocycles. The van der Waals surface area contributed by atoms with Crippen LogP contribution in [0.15, 0.2) is 24.3 Å². The predicted octanol–water partition coefficient (Wildman–Crippen LogP) is 2.16. The predicted molar refractivity (Wildman–Crippen MR) is 85.8 cm³/mol. The smallest absolute Gasteiger partial charge is 0.269 e. The fourth-order valence-corrected chi connectivity index (χ4v) is 5.74. The number of hydrogen-bond donors (Lipinski definition) is 2. The van der Waals surface area contributed by atoms with Gasteiger partial charge in [0, 0.05) is 31.4 Å². The van der Waals surface area contributed by atoms with Crippen LogP contribution in [0.25, 0.3) is 0 Å². The van der Waals surface area contributed by atoms with Crippen molar-refractivity contribution in [3.05, 3.63) is 39.9 Å². The lowest BCUT2D eigenvalue weighted by molar-refractivity contribution is -0.744. The summed E-state index contributed by atoms with van der Waals surface area (Å²) in [5.74, 6) is 2.73. The maximum Gasteiger partial charge on any atom is 0.269 e. The molecule has 4 fully saturated rings. The van der Waals surface area contributed by atoms with Gasteiger partial charge in [-0.15, -0.1) is 0 Å². The normalized spacial score (nSPS) is 36.1. The molecule has 0 aromatic heterocycles. The largest absolute Gasteiger partial charge is 0.382 e. The number of non-ortho nitro benzene ring substituents is 1. The molecular formula is C18H25N2O3+. The van der Waals surface area contributed by atoms with Crippen molar-refractivity contribution in [3.63, 3.8) is 0 Å². The molecule has 1 aromatic carbocycles. The number of nitrogens with zero attached hydrogens (tertiary/aromatic N) is 1. The van der Waals surface area contributed by atoms with Gasteiger partial charge < -0.3 is 10.4 Å². The van der Waals surface area contributed by atoms with Crippen LogP contribution >= 0.6 is 0 Å².